The summed E-state index contributed by atoms with van der Waals surface area (Å²) in [7, 11) is 0. The SMILES string of the molecule is CC(=O)C=CC(C)(C)CC=C(C)CCC=C(C)C. The number of hydrogen-bond donors (Lipinski definition) is 0. The third-order valence-electron chi connectivity index (χ3n) is 2.84. The van der Waals surface area contributed by atoms with Gasteiger partial charge in [-0.1, -0.05) is 43.2 Å². The third-order valence-corrected chi connectivity index (χ3v) is 2.84. The van der Waals surface area contributed by atoms with Gasteiger partial charge in [0.1, 0.15) is 0 Å². The van der Waals surface area contributed by atoms with Crippen LogP contribution >= 0.6 is 0 Å². The van der Waals surface area contributed by atoms with Crippen LogP contribution in [0.5, 0.6) is 0 Å². The van der Waals surface area contributed by atoms with Gasteiger partial charge in [-0.2, -0.15) is 0 Å². The fraction of sp³-hybridized carbons (Fsp3) is 0.588. The Morgan fingerprint density at radius 2 is 1.67 bits per heavy atom. The minimum atomic E-state index is 0.0590. The van der Waals surface area contributed by atoms with Crippen molar-refractivity contribution >= 4 is 5.78 Å². The normalized spacial score (nSPS) is 12.9. The molecule has 0 aliphatic rings. The number of ketones is 1. The van der Waals surface area contributed by atoms with Crippen LogP contribution < -0.4 is 0 Å². The van der Waals surface area contributed by atoms with Crippen LogP contribution in [0.2, 0.25) is 0 Å². The van der Waals surface area contributed by atoms with Gasteiger partial charge in [-0.05, 0) is 58.4 Å². The quantitative estimate of drug-likeness (QED) is 0.445. The van der Waals surface area contributed by atoms with Crippen molar-refractivity contribution in [3.05, 3.63) is 35.5 Å². The maximum atomic E-state index is 10.9. The molecule has 0 heterocycles. The molecule has 0 aromatic carbocycles. The highest BCUT2D eigenvalue weighted by Gasteiger charge is 2.11. The van der Waals surface area contributed by atoms with Crippen LogP contribution in [0.3, 0.4) is 0 Å². The largest absolute Gasteiger partial charge is 0.295 e. The molecular weight excluding hydrogens is 220 g/mol. The Balaban J connectivity index is 4.26. The lowest BCUT2D eigenvalue weighted by Crippen LogP contribution is -2.06. The molecule has 0 bridgehead atoms. The van der Waals surface area contributed by atoms with Crippen molar-refractivity contribution in [2.45, 2.75) is 60.8 Å². The summed E-state index contributed by atoms with van der Waals surface area (Å²) in [5, 5.41) is 0. The lowest BCUT2D eigenvalue weighted by Gasteiger charge is -2.18. The van der Waals surface area contributed by atoms with E-state index < -0.39 is 0 Å². The highest BCUT2D eigenvalue weighted by molar-refractivity contribution is 5.87. The second kappa shape index (κ2) is 8.07. The van der Waals surface area contributed by atoms with Crippen LogP contribution in [0.4, 0.5) is 0 Å². The van der Waals surface area contributed by atoms with Crippen LogP contribution in [0.15, 0.2) is 35.5 Å². The first-order valence-electron chi connectivity index (χ1n) is 6.72. The van der Waals surface area contributed by atoms with Gasteiger partial charge in [-0.3, -0.25) is 4.79 Å². The zero-order valence-corrected chi connectivity index (χ0v) is 12.8. The molecule has 0 amide bonds. The van der Waals surface area contributed by atoms with E-state index in [0.717, 1.165) is 19.3 Å². The van der Waals surface area contributed by atoms with Gasteiger partial charge in [0.25, 0.3) is 0 Å². The Labute approximate surface area is 113 Å². The van der Waals surface area contributed by atoms with E-state index in [9.17, 15) is 4.79 Å². The van der Waals surface area contributed by atoms with E-state index in [2.05, 4.69) is 46.8 Å². The van der Waals surface area contributed by atoms with Crippen LogP contribution in [0.25, 0.3) is 0 Å². The highest BCUT2D eigenvalue weighted by Crippen LogP contribution is 2.24. The smallest absolute Gasteiger partial charge is 0.152 e. The van der Waals surface area contributed by atoms with E-state index in [-0.39, 0.29) is 11.2 Å². The second-order valence-corrected chi connectivity index (χ2v) is 6.01. The minimum absolute atomic E-state index is 0.0590. The molecule has 0 fully saturated rings. The van der Waals surface area contributed by atoms with E-state index >= 15 is 0 Å². The Morgan fingerprint density at radius 1 is 1.06 bits per heavy atom. The standard InChI is InChI=1S/C17H28O/c1-14(2)8-7-9-15(3)10-12-17(5,6)13-11-16(4)18/h8,10-11,13H,7,9,12H2,1-6H3. The van der Waals surface area contributed by atoms with Gasteiger partial charge >= 0.3 is 0 Å². The Morgan fingerprint density at radius 3 is 2.17 bits per heavy atom. The van der Waals surface area contributed by atoms with Gasteiger partial charge < -0.3 is 0 Å². The summed E-state index contributed by atoms with van der Waals surface area (Å²) in [5.74, 6) is 0.118. The molecule has 0 aliphatic carbocycles. The van der Waals surface area contributed by atoms with Gasteiger partial charge in [-0.25, -0.2) is 0 Å². The summed E-state index contributed by atoms with van der Waals surface area (Å²) in [4.78, 5) is 10.9. The lowest BCUT2D eigenvalue weighted by atomic mass is 9.87. The Bertz CT molecular complexity index is 350. The summed E-state index contributed by atoms with van der Waals surface area (Å²) >= 11 is 0. The van der Waals surface area contributed by atoms with E-state index in [1.54, 1.807) is 13.0 Å². The predicted molar refractivity (Wildman–Crippen MR) is 80.6 cm³/mol. The first-order chi connectivity index (χ1) is 8.23. The van der Waals surface area contributed by atoms with Crippen LogP contribution in [0.1, 0.15) is 60.8 Å². The summed E-state index contributed by atoms with van der Waals surface area (Å²) in [6.07, 6.45) is 11.5. The number of hydrogen-bond acceptors (Lipinski definition) is 1. The maximum Gasteiger partial charge on any atom is 0.152 e. The molecule has 0 radical (unpaired) electrons. The maximum absolute atomic E-state index is 10.9. The van der Waals surface area contributed by atoms with Crippen LogP contribution in [-0.4, -0.2) is 5.78 Å². The highest BCUT2D eigenvalue weighted by atomic mass is 16.1. The molecular formula is C17H28O. The molecule has 1 heteroatoms. The molecule has 0 saturated carbocycles. The van der Waals surface area contributed by atoms with Crippen molar-refractivity contribution in [1.29, 1.82) is 0 Å². The van der Waals surface area contributed by atoms with E-state index in [1.807, 2.05) is 6.08 Å². The molecule has 0 N–H and O–H groups in total. The summed E-state index contributed by atoms with van der Waals surface area (Å²) in [5.41, 5.74) is 2.87. The molecule has 0 atom stereocenters. The summed E-state index contributed by atoms with van der Waals surface area (Å²) in [6.45, 7) is 12.4. The molecule has 0 aliphatic heterocycles. The third kappa shape index (κ3) is 10.1. The first kappa shape index (κ1) is 16.9. The van der Waals surface area contributed by atoms with E-state index in [1.165, 1.54) is 11.1 Å². The average molecular weight is 248 g/mol. The lowest BCUT2D eigenvalue weighted by molar-refractivity contribution is -0.112. The number of allylic oxidation sites excluding steroid dienone is 6. The Hall–Kier alpha value is -1.11. The predicted octanol–water partition coefficient (Wildman–Crippen LogP) is 5.24. The zero-order valence-electron chi connectivity index (χ0n) is 12.8. The molecule has 0 unspecified atom stereocenters. The summed E-state index contributed by atoms with van der Waals surface area (Å²) < 4.78 is 0. The van der Waals surface area contributed by atoms with Crippen molar-refractivity contribution in [2.24, 2.45) is 5.41 Å². The molecule has 0 spiro atoms. The number of carbonyl (C=O) groups excluding carboxylic acids is 1. The molecule has 0 rings (SSSR count). The summed E-state index contributed by atoms with van der Waals surface area (Å²) in [6, 6.07) is 0. The fourth-order valence-electron chi connectivity index (χ4n) is 1.54. The molecule has 102 valence electrons. The monoisotopic (exact) mass is 248 g/mol. The second-order valence-electron chi connectivity index (χ2n) is 6.01. The van der Waals surface area contributed by atoms with Crippen molar-refractivity contribution in [3.63, 3.8) is 0 Å². The van der Waals surface area contributed by atoms with E-state index in [4.69, 9.17) is 0 Å². The number of rotatable bonds is 7. The molecule has 0 aromatic heterocycles. The number of carbonyl (C=O) groups is 1. The van der Waals surface area contributed by atoms with E-state index in [0.29, 0.717) is 0 Å². The van der Waals surface area contributed by atoms with Gasteiger partial charge in [0, 0.05) is 0 Å². The molecule has 0 aromatic rings. The molecule has 1 nitrogen and oxygen atoms in total. The topological polar surface area (TPSA) is 17.1 Å². The van der Waals surface area contributed by atoms with Crippen molar-refractivity contribution in [2.75, 3.05) is 0 Å². The first-order valence-corrected chi connectivity index (χ1v) is 6.72. The van der Waals surface area contributed by atoms with Crippen LogP contribution in [0, 0.1) is 5.41 Å². The van der Waals surface area contributed by atoms with Crippen LogP contribution in [-0.2, 0) is 4.79 Å². The van der Waals surface area contributed by atoms with Crippen molar-refractivity contribution in [1.82, 2.24) is 0 Å². The van der Waals surface area contributed by atoms with Gasteiger partial charge in [0.2, 0.25) is 0 Å². The average Bonchev–Trinajstić information content (AvgIpc) is 2.24. The molecule has 18 heavy (non-hydrogen) atoms. The van der Waals surface area contributed by atoms with Gasteiger partial charge in [0.15, 0.2) is 5.78 Å². The van der Waals surface area contributed by atoms with Crippen molar-refractivity contribution in [3.8, 4) is 0 Å². The van der Waals surface area contributed by atoms with Gasteiger partial charge in [-0.15, -0.1) is 0 Å². The van der Waals surface area contributed by atoms with Crippen molar-refractivity contribution < 1.29 is 4.79 Å². The van der Waals surface area contributed by atoms with Gasteiger partial charge in [0.05, 0.1) is 0 Å². The molecule has 0 saturated heterocycles. The minimum Gasteiger partial charge on any atom is -0.295 e. The fourth-order valence-corrected chi connectivity index (χ4v) is 1.54. The Kier molecular flexibility index (Phi) is 7.58. The zero-order chi connectivity index (χ0) is 14.2.